The zero-order chi connectivity index (χ0) is 21.2. The Morgan fingerprint density at radius 1 is 1.13 bits per heavy atom. The highest BCUT2D eigenvalue weighted by atomic mass is 32.1. The second kappa shape index (κ2) is 8.56. The first-order valence-corrected chi connectivity index (χ1v) is 10.9. The molecule has 3 heterocycles. The molecule has 1 saturated heterocycles. The van der Waals surface area contributed by atoms with E-state index in [2.05, 4.69) is 19.9 Å². The fourth-order valence-corrected chi connectivity index (χ4v) is 4.56. The van der Waals surface area contributed by atoms with Crippen molar-refractivity contribution in [2.24, 2.45) is 0 Å². The number of fused-ring (bicyclic) bond motifs is 1. The van der Waals surface area contributed by atoms with Gasteiger partial charge in [0.15, 0.2) is 0 Å². The Hall–Kier alpha value is -3.10. The van der Waals surface area contributed by atoms with Gasteiger partial charge in [0.25, 0.3) is 0 Å². The Kier molecular flexibility index (Phi) is 5.48. The molecule has 2 aromatic heterocycles. The molecule has 0 saturated carbocycles. The number of morpholine rings is 1. The number of aromatic nitrogens is 3. The Labute approximate surface area is 183 Å². The van der Waals surface area contributed by atoms with Crippen LogP contribution in [0.5, 0.6) is 5.88 Å². The third kappa shape index (κ3) is 4.08. The van der Waals surface area contributed by atoms with Gasteiger partial charge in [-0.3, -0.25) is 0 Å². The molecule has 0 bridgehead atoms. The fraction of sp³-hybridized carbons (Fsp3) is 0.261. The molecule has 8 heteroatoms. The van der Waals surface area contributed by atoms with Gasteiger partial charge in [0.2, 0.25) is 5.88 Å². The minimum atomic E-state index is -0.308. The quantitative estimate of drug-likeness (QED) is 0.464. The third-order valence-electron chi connectivity index (χ3n) is 5.38. The number of ether oxygens (including phenoxy) is 2. The van der Waals surface area contributed by atoms with Crippen molar-refractivity contribution in [2.75, 3.05) is 38.3 Å². The molecule has 0 aliphatic carbocycles. The largest absolute Gasteiger partial charge is 0.480 e. The molecule has 1 aliphatic heterocycles. The molecule has 0 amide bonds. The van der Waals surface area contributed by atoms with E-state index in [4.69, 9.17) is 9.47 Å². The highest BCUT2D eigenvalue weighted by molar-refractivity contribution is 7.09. The Morgan fingerprint density at radius 3 is 2.81 bits per heavy atom. The van der Waals surface area contributed by atoms with Crippen molar-refractivity contribution in [1.82, 2.24) is 15.0 Å². The molecule has 158 valence electrons. The van der Waals surface area contributed by atoms with Gasteiger partial charge in [0, 0.05) is 36.1 Å². The van der Waals surface area contributed by atoms with Crippen LogP contribution in [0.1, 0.15) is 10.6 Å². The number of hydrogen-bond donors (Lipinski definition) is 0. The summed E-state index contributed by atoms with van der Waals surface area (Å²) in [5.74, 6) is 0.290. The molecule has 0 unspecified atom stereocenters. The molecular formula is C23H21FN4O2S. The van der Waals surface area contributed by atoms with E-state index in [-0.39, 0.29) is 5.82 Å². The first kappa shape index (κ1) is 19.8. The van der Waals surface area contributed by atoms with E-state index < -0.39 is 0 Å². The molecule has 0 N–H and O–H groups in total. The van der Waals surface area contributed by atoms with Crippen LogP contribution in [-0.2, 0) is 11.2 Å². The van der Waals surface area contributed by atoms with E-state index in [9.17, 15) is 4.39 Å². The lowest BCUT2D eigenvalue weighted by atomic mass is 10.0. The molecule has 1 fully saturated rings. The summed E-state index contributed by atoms with van der Waals surface area (Å²) in [6.07, 6.45) is 2.10. The minimum Gasteiger partial charge on any atom is -0.480 e. The zero-order valence-electron chi connectivity index (χ0n) is 17.0. The van der Waals surface area contributed by atoms with Crippen molar-refractivity contribution in [3.63, 3.8) is 0 Å². The van der Waals surface area contributed by atoms with Crippen LogP contribution in [0.15, 0.2) is 48.1 Å². The van der Waals surface area contributed by atoms with Gasteiger partial charge in [-0.1, -0.05) is 6.07 Å². The normalized spacial score (nSPS) is 14.2. The average Bonchev–Trinajstić information content (AvgIpc) is 3.28. The average molecular weight is 437 g/mol. The lowest BCUT2D eigenvalue weighted by Gasteiger charge is -2.29. The number of hydrogen-bond acceptors (Lipinski definition) is 7. The predicted molar refractivity (Wildman–Crippen MR) is 119 cm³/mol. The summed E-state index contributed by atoms with van der Waals surface area (Å²) in [7, 11) is 1.60. The molecule has 31 heavy (non-hydrogen) atoms. The van der Waals surface area contributed by atoms with Crippen molar-refractivity contribution in [2.45, 2.75) is 6.42 Å². The molecule has 1 aliphatic rings. The van der Waals surface area contributed by atoms with E-state index in [0.29, 0.717) is 23.6 Å². The lowest BCUT2D eigenvalue weighted by molar-refractivity contribution is 0.122. The Balaban J connectivity index is 1.50. The summed E-state index contributed by atoms with van der Waals surface area (Å²) in [6.45, 7) is 3.13. The van der Waals surface area contributed by atoms with Gasteiger partial charge >= 0.3 is 0 Å². The number of nitrogens with zero attached hydrogens (tertiary/aromatic N) is 4. The van der Waals surface area contributed by atoms with Crippen molar-refractivity contribution in [1.29, 1.82) is 0 Å². The molecule has 0 atom stereocenters. The van der Waals surface area contributed by atoms with E-state index >= 15 is 0 Å². The van der Waals surface area contributed by atoms with Crippen LogP contribution in [0.2, 0.25) is 0 Å². The van der Waals surface area contributed by atoms with Crippen LogP contribution in [0, 0.1) is 5.82 Å². The summed E-state index contributed by atoms with van der Waals surface area (Å²) in [5, 5.41) is 3.60. The van der Waals surface area contributed by atoms with Gasteiger partial charge in [-0.2, -0.15) is 0 Å². The van der Waals surface area contributed by atoms with Crippen LogP contribution in [0.25, 0.3) is 22.2 Å². The van der Waals surface area contributed by atoms with Crippen LogP contribution in [0.4, 0.5) is 10.1 Å². The Morgan fingerprint density at radius 2 is 2.00 bits per heavy atom. The van der Waals surface area contributed by atoms with Crippen LogP contribution >= 0.6 is 11.3 Å². The van der Waals surface area contributed by atoms with E-state index in [0.717, 1.165) is 53.5 Å². The first-order chi connectivity index (χ1) is 15.2. The summed E-state index contributed by atoms with van der Waals surface area (Å²) >= 11 is 1.52. The molecular weight excluding hydrogens is 415 g/mol. The summed E-state index contributed by atoms with van der Waals surface area (Å²) < 4.78 is 25.4. The lowest BCUT2D eigenvalue weighted by Crippen LogP contribution is -2.36. The molecule has 2 aromatic carbocycles. The number of halogens is 1. The number of anilines is 1. The SMILES string of the molecule is COc1csc(Cc2ccc(F)c(-c3ncnc4cc(N5CCOCC5)ccc34)c2)n1. The van der Waals surface area contributed by atoms with Crippen molar-refractivity contribution in [3.05, 3.63) is 64.5 Å². The highest BCUT2D eigenvalue weighted by Gasteiger charge is 2.16. The molecule has 4 aromatic rings. The topological polar surface area (TPSA) is 60.4 Å². The monoisotopic (exact) mass is 436 g/mol. The summed E-state index contributed by atoms with van der Waals surface area (Å²) in [6, 6.07) is 11.2. The van der Waals surface area contributed by atoms with Gasteiger partial charge in [0.1, 0.15) is 17.2 Å². The zero-order valence-corrected chi connectivity index (χ0v) is 17.9. The smallest absolute Gasteiger partial charge is 0.224 e. The maximum absolute atomic E-state index is 14.8. The maximum atomic E-state index is 14.8. The highest BCUT2D eigenvalue weighted by Crippen LogP contribution is 2.31. The maximum Gasteiger partial charge on any atom is 0.224 e. The minimum absolute atomic E-state index is 0.308. The van der Waals surface area contributed by atoms with Gasteiger partial charge in [-0.05, 0) is 35.9 Å². The fourth-order valence-electron chi connectivity index (χ4n) is 3.79. The summed E-state index contributed by atoms with van der Waals surface area (Å²) in [5.41, 5.74) is 3.91. The molecule has 5 rings (SSSR count). The van der Waals surface area contributed by atoms with Crippen molar-refractivity contribution in [3.8, 4) is 17.1 Å². The van der Waals surface area contributed by atoms with Crippen LogP contribution in [0.3, 0.4) is 0 Å². The number of thiazole rings is 1. The second-order valence-electron chi connectivity index (χ2n) is 7.30. The molecule has 0 spiro atoms. The van der Waals surface area contributed by atoms with Gasteiger partial charge in [-0.25, -0.2) is 19.3 Å². The van der Waals surface area contributed by atoms with Crippen LogP contribution < -0.4 is 9.64 Å². The number of benzene rings is 2. The van der Waals surface area contributed by atoms with Gasteiger partial charge in [0.05, 0.1) is 36.9 Å². The Bertz CT molecular complexity index is 1220. The molecule has 0 radical (unpaired) electrons. The van der Waals surface area contributed by atoms with Crippen molar-refractivity contribution >= 4 is 27.9 Å². The third-order valence-corrected chi connectivity index (χ3v) is 6.20. The standard InChI is InChI=1S/C23H21FN4O2S/c1-29-21-13-31-22(27-21)11-15-2-5-19(24)18(10-15)23-17-4-3-16(12-20(17)25-14-26-23)28-6-8-30-9-7-28/h2-5,10,12-14H,6-9,11H2,1H3. The van der Waals surface area contributed by atoms with E-state index in [1.54, 1.807) is 13.2 Å². The van der Waals surface area contributed by atoms with Crippen LogP contribution in [-0.4, -0.2) is 48.4 Å². The first-order valence-electron chi connectivity index (χ1n) is 10.1. The number of rotatable bonds is 5. The predicted octanol–water partition coefficient (Wildman–Crippen LogP) is 4.33. The number of methoxy groups -OCH3 is 1. The van der Waals surface area contributed by atoms with E-state index in [1.165, 1.54) is 23.7 Å². The molecule has 6 nitrogen and oxygen atoms in total. The van der Waals surface area contributed by atoms with Gasteiger partial charge in [-0.15, -0.1) is 11.3 Å². The van der Waals surface area contributed by atoms with Gasteiger partial charge < -0.3 is 14.4 Å². The van der Waals surface area contributed by atoms with Crippen molar-refractivity contribution < 1.29 is 13.9 Å². The second-order valence-corrected chi connectivity index (χ2v) is 8.24. The summed E-state index contributed by atoms with van der Waals surface area (Å²) in [4.78, 5) is 15.6. The van der Waals surface area contributed by atoms with E-state index in [1.807, 2.05) is 29.6 Å².